The van der Waals surface area contributed by atoms with Gasteiger partial charge in [-0.2, -0.15) is 4.98 Å². The van der Waals surface area contributed by atoms with Crippen LogP contribution < -0.4 is 5.32 Å². The van der Waals surface area contributed by atoms with Gasteiger partial charge in [0, 0.05) is 23.8 Å². The highest BCUT2D eigenvalue weighted by atomic mass is 16.5. The van der Waals surface area contributed by atoms with E-state index in [2.05, 4.69) is 25.4 Å². The quantitative estimate of drug-likeness (QED) is 0.659. The minimum atomic E-state index is -0.428. The Morgan fingerprint density at radius 2 is 2.07 bits per heavy atom. The van der Waals surface area contributed by atoms with Crippen LogP contribution in [0.1, 0.15) is 37.9 Å². The van der Waals surface area contributed by atoms with Crippen molar-refractivity contribution in [3.05, 3.63) is 24.3 Å². The second-order valence-electron chi connectivity index (χ2n) is 8.80. The lowest BCUT2D eigenvalue weighted by Gasteiger charge is -2.58. The molecule has 5 atom stereocenters. The summed E-state index contributed by atoms with van der Waals surface area (Å²) in [5, 5.41) is 19.7. The smallest absolute Gasteiger partial charge is 0.261 e. The van der Waals surface area contributed by atoms with Gasteiger partial charge in [0.1, 0.15) is 5.65 Å². The number of fused-ring (bicyclic) bond motifs is 1. The van der Waals surface area contributed by atoms with Crippen LogP contribution in [-0.4, -0.2) is 36.9 Å². The molecule has 7 nitrogen and oxygen atoms in total. The molecule has 27 heavy (non-hydrogen) atoms. The zero-order valence-corrected chi connectivity index (χ0v) is 15.3. The number of hydrogen-bond acceptors (Lipinski definition) is 6. The lowest BCUT2D eigenvalue weighted by atomic mass is 9.52. The molecule has 4 saturated carbocycles. The second kappa shape index (κ2) is 5.32. The number of hydrogen-bond donors (Lipinski definition) is 3. The number of nitrogens with zero attached hydrogens (tertiary/aromatic N) is 3. The Bertz CT molecular complexity index is 1010. The van der Waals surface area contributed by atoms with Crippen LogP contribution in [0.4, 0.5) is 5.69 Å². The van der Waals surface area contributed by atoms with E-state index in [9.17, 15) is 5.11 Å². The van der Waals surface area contributed by atoms with Crippen LogP contribution in [0, 0.1) is 24.7 Å². The van der Waals surface area contributed by atoms with Crippen LogP contribution in [0.2, 0.25) is 0 Å². The van der Waals surface area contributed by atoms with Crippen LogP contribution in [0.3, 0.4) is 0 Å². The number of nitrogens with one attached hydrogen (secondary N) is 2. The topological polar surface area (TPSA) is 99.9 Å². The van der Waals surface area contributed by atoms with Gasteiger partial charge < -0.3 is 19.9 Å². The van der Waals surface area contributed by atoms with E-state index < -0.39 is 5.60 Å². The summed E-state index contributed by atoms with van der Waals surface area (Å²) < 4.78 is 5.45. The lowest BCUT2D eigenvalue weighted by molar-refractivity contribution is -0.129. The van der Waals surface area contributed by atoms with E-state index in [1.165, 1.54) is 12.8 Å². The summed E-state index contributed by atoms with van der Waals surface area (Å²) in [7, 11) is 0. The van der Waals surface area contributed by atoms with Crippen molar-refractivity contribution in [2.75, 3.05) is 5.32 Å². The van der Waals surface area contributed by atoms with Crippen molar-refractivity contribution in [1.29, 1.82) is 0 Å². The molecule has 0 radical (unpaired) electrons. The Labute approximate surface area is 156 Å². The molecule has 140 valence electrons. The summed E-state index contributed by atoms with van der Waals surface area (Å²) in [6.45, 7) is 1.82. The van der Waals surface area contributed by atoms with Gasteiger partial charge >= 0.3 is 0 Å². The van der Waals surface area contributed by atoms with Gasteiger partial charge in [0.2, 0.25) is 0 Å². The van der Waals surface area contributed by atoms with Crippen LogP contribution in [-0.2, 0) is 0 Å². The maximum atomic E-state index is 10.9. The SMILES string of the molecule is Cc1noc(-c2cnc3[nH]ccc3c2N[C@H]2[C@@H]3CC4C[C@H]2C[C@@](O)(C4)C3)n1. The number of anilines is 1. The van der Waals surface area contributed by atoms with E-state index >= 15 is 0 Å². The molecular weight excluding hydrogens is 342 g/mol. The van der Waals surface area contributed by atoms with E-state index in [-0.39, 0.29) is 0 Å². The van der Waals surface area contributed by atoms with Crippen molar-refractivity contribution < 1.29 is 9.63 Å². The maximum Gasteiger partial charge on any atom is 0.261 e. The van der Waals surface area contributed by atoms with Gasteiger partial charge in [0.25, 0.3) is 5.89 Å². The van der Waals surface area contributed by atoms with Crippen LogP contribution >= 0.6 is 0 Å². The Hall–Kier alpha value is -2.41. The molecule has 0 spiro atoms. The molecule has 4 aliphatic carbocycles. The number of H-pyrrole nitrogens is 1. The highest BCUT2D eigenvalue weighted by molar-refractivity contribution is 5.97. The normalized spacial score (nSPS) is 34.4. The number of pyridine rings is 1. The van der Waals surface area contributed by atoms with Crippen LogP contribution in [0.15, 0.2) is 23.0 Å². The van der Waals surface area contributed by atoms with Gasteiger partial charge in [-0.3, -0.25) is 0 Å². The zero-order valence-electron chi connectivity index (χ0n) is 15.3. The van der Waals surface area contributed by atoms with Crippen molar-refractivity contribution in [2.24, 2.45) is 17.8 Å². The first kappa shape index (κ1) is 15.6. The van der Waals surface area contributed by atoms with Crippen molar-refractivity contribution in [3.63, 3.8) is 0 Å². The first-order valence-electron chi connectivity index (χ1n) is 9.84. The number of aliphatic hydroxyl groups is 1. The van der Waals surface area contributed by atoms with E-state index in [0.29, 0.717) is 35.5 Å². The fourth-order valence-corrected chi connectivity index (χ4v) is 6.12. The molecule has 0 amide bonds. The second-order valence-corrected chi connectivity index (χ2v) is 8.80. The third-order valence-electron chi connectivity index (χ3n) is 6.90. The molecule has 3 aromatic heterocycles. The third kappa shape index (κ3) is 2.34. The van der Waals surface area contributed by atoms with E-state index in [0.717, 1.165) is 41.5 Å². The third-order valence-corrected chi connectivity index (χ3v) is 6.90. The summed E-state index contributed by atoms with van der Waals surface area (Å²) in [5.74, 6) is 2.82. The fraction of sp³-hybridized carbons (Fsp3) is 0.550. The first-order valence-corrected chi connectivity index (χ1v) is 9.84. The Kier molecular flexibility index (Phi) is 3.08. The largest absolute Gasteiger partial charge is 0.390 e. The molecule has 1 unspecified atom stereocenters. The zero-order chi connectivity index (χ0) is 18.2. The predicted octanol–water partition coefficient (Wildman–Crippen LogP) is 3.27. The Balaban J connectivity index is 1.43. The van der Waals surface area contributed by atoms with E-state index in [4.69, 9.17) is 4.52 Å². The number of aromatic amines is 1. The maximum absolute atomic E-state index is 10.9. The molecule has 4 bridgehead atoms. The van der Waals surface area contributed by atoms with Crippen molar-refractivity contribution in [2.45, 2.75) is 50.7 Å². The highest BCUT2D eigenvalue weighted by Crippen LogP contribution is 2.56. The number of aryl methyl sites for hydroxylation is 1. The van der Waals surface area contributed by atoms with E-state index in [1.54, 1.807) is 6.20 Å². The standard InChI is InChI=1S/C20H23N5O2/c1-10-23-19(27-25-10)15-9-22-18-14(2-3-21-18)17(15)24-16-12-4-11-5-13(16)8-20(26,6-11)7-12/h2-3,9,11-13,16,26H,4-8H2,1H3,(H2,21,22,24)/t11?,12-,13+,16+,20-. The van der Waals surface area contributed by atoms with Gasteiger partial charge in [-0.1, -0.05) is 5.16 Å². The molecule has 7 heteroatoms. The van der Waals surface area contributed by atoms with Gasteiger partial charge in [0.05, 0.1) is 16.9 Å². The minimum absolute atomic E-state index is 0.366. The van der Waals surface area contributed by atoms with Crippen molar-refractivity contribution in [1.82, 2.24) is 20.1 Å². The fourth-order valence-electron chi connectivity index (χ4n) is 6.12. The van der Waals surface area contributed by atoms with Gasteiger partial charge in [-0.15, -0.1) is 0 Å². The predicted molar refractivity (Wildman–Crippen MR) is 100 cm³/mol. The average Bonchev–Trinajstić information content (AvgIpc) is 3.25. The molecule has 3 aromatic rings. The highest BCUT2D eigenvalue weighted by Gasteiger charge is 2.54. The molecule has 3 heterocycles. The molecule has 0 saturated heterocycles. The molecule has 4 aliphatic rings. The monoisotopic (exact) mass is 365 g/mol. The first-order chi connectivity index (χ1) is 13.1. The average molecular weight is 365 g/mol. The van der Waals surface area contributed by atoms with Crippen LogP contribution in [0.25, 0.3) is 22.5 Å². The molecule has 4 fully saturated rings. The van der Waals surface area contributed by atoms with Crippen LogP contribution in [0.5, 0.6) is 0 Å². The van der Waals surface area contributed by atoms with Gasteiger partial charge in [-0.05, 0) is 62.8 Å². The molecular formula is C20H23N5O2. The van der Waals surface area contributed by atoms with Gasteiger partial charge in [-0.25, -0.2) is 4.98 Å². The number of aromatic nitrogens is 4. The number of rotatable bonds is 3. The molecule has 0 aromatic carbocycles. The summed E-state index contributed by atoms with van der Waals surface area (Å²) >= 11 is 0. The van der Waals surface area contributed by atoms with Crippen molar-refractivity contribution >= 4 is 16.7 Å². The summed E-state index contributed by atoms with van der Waals surface area (Å²) in [6, 6.07) is 2.41. The van der Waals surface area contributed by atoms with E-state index in [1.807, 2.05) is 19.2 Å². The Morgan fingerprint density at radius 1 is 1.26 bits per heavy atom. The summed E-state index contributed by atoms with van der Waals surface area (Å²) in [5.41, 5.74) is 2.27. The molecule has 0 aliphatic heterocycles. The minimum Gasteiger partial charge on any atom is -0.390 e. The Morgan fingerprint density at radius 3 is 2.78 bits per heavy atom. The molecule has 3 N–H and O–H groups in total. The summed E-state index contributed by atoms with van der Waals surface area (Å²) in [6.07, 6.45) is 8.96. The summed E-state index contributed by atoms with van der Waals surface area (Å²) in [4.78, 5) is 12.1. The molecule has 7 rings (SSSR count). The van der Waals surface area contributed by atoms with Crippen molar-refractivity contribution in [3.8, 4) is 11.5 Å². The van der Waals surface area contributed by atoms with Gasteiger partial charge in [0.15, 0.2) is 5.82 Å². The lowest BCUT2D eigenvalue weighted by Crippen LogP contribution is -2.59.